The summed E-state index contributed by atoms with van der Waals surface area (Å²) >= 11 is 0. The molecule has 0 spiro atoms. The van der Waals surface area contributed by atoms with Crippen LogP contribution in [0.2, 0.25) is 0 Å². The fourth-order valence-electron chi connectivity index (χ4n) is 7.26. The quantitative estimate of drug-likeness (QED) is 0.257. The van der Waals surface area contributed by atoms with E-state index in [1.54, 1.807) is 6.92 Å². The monoisotopic (exact) mass is 414 g/mol. The van der Waals surface area contributed by atoms with Crippen LogP contribution in [-0.4, -0.2) is 22.8 Å². The van der Waals surface area contributed by atoms with Gasteiger partial charge in [0, 0.05) is 30.1 Å². The third kappa shape index (κ3) is 3.27. The van der Waals surface area contributed by atoms with E-state index in [1.807, 2.05) is 0 Å². The number of rotatable bonds is 5. The summed E-state index contributed by atoms with van der Waals surface area (Å²) in [4.78, 5) is 35.1. The molecule has 0 aromatic rings. The van der Waals surface area contributed by atoms with Gasteiger partial charge in [0.05, 0.1) is 6.04 Å². The average Bonchev–Trinajstić information content (AvgIpc) is 3.02. The van der Waals surface area contributed by atoms with Gasteiger partial charge in [-0.05, 0) is 74.5 Å². The van der Waals surface area contributed by atoms with Crippen molar-refractivity contribution in [1.29, 1.82) is 0 Å². The first-order valence-corrected chi connectivity index (χ1v) is 11.6. The Morgan fingerprint density at radius 1 is 1.33 bits per heavy atom. The highest BCUT2D eigenvalue weighted by Gasteiger charge is 2.60. The van der Waals surface area contributed by atoms with E-state index in [2.05, 4.69) is 37.3 Å². The van der Waals surface area contributed by atoms with Crippen LogP contribution in [0.3, 0.4) is 0 Å². The number of nitro groups is 1. The predicted molar refractivity (Wildman–Crippen MR) is 115 cm³/mol. The van der Waals surface area contributed by atoms with Crippen molar-refractivity contribution in [2.24, 2.45) is 39.7 Å². The molecule has 0 amide bonds. The van der Waals surface area contributed by atoms with Gasteiger partial charge in [0.1, 0.15) is 5.78 Å². The van der Waals surface area contributed by atoms with E-state index in [9.17, 15) is 19.8 Å². The molecule has 0 heterocycles. The fraction of sp³-hybridized carbons (Fsp3) is 0.792. The summed E-state index contributed by atoms with van der Waals surface area (Å²) in [6, 6.07) is -0.726. The Kier molecular flexibility index (Phi) is 5.48. The van der Waals surface area contributed by atoms with Crippen molar-refractivity contribution >= 4 is 5.78 Å². The van der Waals surface area contributed by atoms with Crippen LogP contribution in [-0.2, 0) is 4.79 Å². The number of allylic oxidation sites excluding steroid dienone is 4. The van der Waals surface area contributed by atoms with E-state index in [0.29, 0.717) is 42.8 Å². The van der Waals surface area contributed by atoms with Crippen molar-refractivity contribution in [3.05, 3.63) is 38.8 Å². The third-order valence-corrected chi connectivity index (χ3v) is 9.25. The van der Waals surface area contributed by atoms with Crippen LogP contribution in [0.1, 0.15) is 72.1 Å². The topological polar surface area (TPSA) is 89.6 Å². The predicted octanol–water partition coefficient (Wildman–Crippen LogP) is 5.49. The average molecular weight is 415 g/mol. The summed E-state index contributed by atoms with van der Waals surface area (Å²) < 4.78 is 0. The molecule has 164 valence electrons. The zero-order chi connectivity index (χ0) is 21.7. The van der Waals surface area contributed by atoms with E-state index < -0.39 is 6.04 Å². The zero-order valence-electron chi connectivity index (χ0n) is 18.4. The molecule has 0 N–H and O–H groups in total. The van der Waals surface area contributed by atoms with Crippen LogP contribution in [0.4, 0.5) is 0 Å². The van der Waals surface area contributed by atoms with Gasteiger partial charge in [-0.3, -0.25) is 14.9 Å². The summed E-state index contributed by atoms with van der Waals surface area (Å²) in [5.41, 5.74) is 1.00. The Hall–Kier alpha value is -1.85. The standard InChI is InChI=1S/C24H34N2O4/c1-15(26(29)30)5-4-6-16-9-11-23(2)19-10-12-24(3)18(7-8-22(24)27)17(19)14-21(25-28)20(23)13-16/h6,10,12,15,17-21H,4-5,7-9,11,13-14H2,1-3H3/b16-6+/t15-,17?,18?,19?,20?,21?,23?,24?/m0/s1. The van der Waals surface area contributed by atoms with Gasteiger partial charge in [-0.2, -0.15) is 4.91 Å². The zero-order valence-corrected chi connectivity index (χ0v) is 18.4. The fourth-order valence-corrected chi connectivity index (χ4v) is 7.26. The van der Waals surface area contributed by atoms with Crippen molar-refractivity contribution in [2.45, 2.75) is 84.2 Å². The van der Waals surface area contributed by atoms with Gasteiger partial charge in [0.15, 0.2) is 0 Å². The molecular formula is C24H34N2O4. The molecule has 0 aromatic carbocycles. The molecule has 30 heavy (non-hydrogen) atoms. The van der Waals surface area contributed by atoms with Crippen molar-refractivity contribution in [2.75, 3.05) is 0 Å². The van der Waals surface area contributed by atoms with Crippen molar-refractivity contribution in [1.82, 2.24) is 0 Å². The molecule has 4 aliphatic carbocycles. The smallest absolute Gasteiger partial charge is 0.210 e. The minimum absolute atomic E-state index is 0.0242. The third-order valence-electron chi connectivity index (χ3n) is 9.25. The van der Waals surface area contributed by atoms with E-state index in [1.165, 1.54) is 5.57 Å². The van der Waals surface area contributed by atoms with Crippen LogP contribution < -0.4 is 0 Å². The molecule has 4 aliphatic rings. The maximum Gasteiger partial charge on any atom is 0.210 e. The molecule has 3 fully saturated rings. The number of nitroso groups, excluding NO2 is 1. The normalized spacial score (nSPS) is 44.8. The largest absolute Gasteiger partial charge is 0.299 e. The van der Waals surface area contributed by atoms with Gasteiger partial charge in [0.25, 0.3) is 0 Å². The van der Waals surface area contributed by atoms with Crippen LogP contribution in [0.15, 0.2) is 29.0 Å². The number of hydrogen-bond donors (Lipinski definition) is 0. The first-order chi connectivity index (χ1) is 14.2. The Labute approximate surface area is 178 Å². The van der Waals surface area contributed by atoms with Crippen LogP contribution in [0.25, 0.3) is 0 Å². The van der Waals surface area contributed by atoms with Crippen LogP contribution in [0, 0.1) is 49.5 Å². The second-order valence-electron chi connectivity index (χ2n) is 10.7. The molecule has 0 saturated heterocycles. The number of fused-ring (bicyclic) bond motifs is 5. The Balaban J connectivity index is 1.55. The summed E-state index contributed by atoms with van der Waals surface area (Å²) in [5.74, 6) is 1.67. The second-order valence-corrected chi connectivity index (χ2v) is 10.7. The Morgan fingerprint density at radius 3 is 2.80 bits per heavy atom. The van der Waals surface area contributed by atoms with E-state index in [0.717, 1.165) is 32.1 Å². The van der Waals surface area contributed by atoms with Crippen molar-refractivity contribution in [3.63, 3.8) is 0 Å². The first kappa shape index (κ1) is 21.4. The molecule has 8 atom stereocenters. The molecule has 0 bridgehead atoms. The summed E-state index contributed by atoms with van der Waals surface area (Å²) in [7, 11) is 0. The first-order valence-electron chi connectivity index (χ1n) is 11.6. The molecule has 0 aliphatic heterocycles. The lowest BCUT2D eigenvalue weighted by atomic mass is 9.46. The van der Waals surface area contributed by atoms with Crippen LogP contribution >= 0.6 is 0 Å². The van der Waals surface area contributed by atoms with Gasteiger partial charge in [-0.1, -0.05) is 35.9 Å². The summed E-state index contributed by atoms with van der Waals surface area (Å²) in [6.07, 6.45) is 13.2. The second kappa shape index (κ2) is 7.69. The number of Topliss-reactive ketones (excluding diaryl/α,β-unsaturated/α-hetero) is 1. The number of hydrogen-bond acceptors (Lipinski definition) is 5. The summed E-state index contributed by atoms with van der Waals surface area (Å²) in [6.45, 7) is 6.08. The molecule has 3 saturated carbocycles. The van der Waals surface area contributed by atoms with E-state index in [-0.39, 0.29) is 27.7 Å². The lowest BCUT2D eigenvalue weighted by molar-refractivity contribution is -0.518. The minimum Gasteiger partial charge on any atom is -0.299 e. The number of carbonyl (C=O) groups excluding carboxylic acids is 1. The molecule has 6 nitrogen and oxygen atoms in total. The van der Waals surface area contributed by atoms with Gasteiger partial charge >= 0.3 is 0 Å². The van der Waals surface area contributed by atoms with Gasteiger partial charge in [-0.15, -0.1) is 0 Å². The Bertz CT molecular complexity index is 805. The molecule has 6 heteroatoms. The number of carbonyl (C=O) groups is 1. The highest BCUT2D eigenvalue weighted by molar-refractivity contribution is 5.89. The highest BCUT2D eigenvalue weighted by atomic mass is 16.6. The molecular weight excluding hydrogens is 380 g/mol. The lowest BCUT2D eigenvalue weighted by Crippen LogP contribution is -2.55. The highest BCUT2D eigenvalue weighted by Crippen LogP contribution is 2.64. The molecule has 4 rings (SSSR count). The van der Waals surface area contributed by atoms with Crippen LogP contribution in [0.5, 0.6) is 0 Å². The molecule has 7 unspecified atom stereocenters. The molecule has 0 radical (unpaired) electrons. The van der Waals surface area contributed by atoms with Gasteiger partial charge < -0.3 is 0 Å². The van der Waals surface area contributed by atoms with Gasteiger partial charge in [-0.25, -0.2) is 0 Å². The number of ketones is 1. The van der Waals surface area contributed by atoms with E-state index in [4.69, 9.17) is 0 Å². The van der Waals surface area contributed by atoms with Crippen molar-refractivity contribution in [3.8, 4) is 0 Å². The Morgan fingerprint density at radius 2 is 2.10 bits per heavy atom. The maximum atomic E-state index is 12.6. The molecule has 0 aromatic heterocycles. The van der Waals surface area contributed by atoms with Gasteiger partial charge in [0.2, 0.25) is 6.04 Å². The van der Waals surface area contributed by atoms with Crippen molar-refractivity contribution < 1.29 is 9.72 Å². The lowest BCUT2D eigenvalue weighted by Gasteiger charge is -2.58. The SMILES string of the molecule is C[C@@H](CC/C=C1\CCC2(C)C3C=CC4(C)C(=O)CCC4C3CC(N=O)C2C1)[N+](=O)[O-]. The summed E-state index contributed by atoms with van der Waals surface area (Å²) in [5, 5.41) is 14.5. The number of nitrogens with zero attached hydrogens (tertiary/aromatic N) is 2. The minimum atomic E-state index is -0.522. The maximum absolute atomic E-state index is 12.6. The van der Waals surface area contributed by atoms with E-state index >= 15 is 0 Å².